The summed E-state index contributed by atoms with van der Waals surface area (Å²) in [5, 5.41) is 0.983. The Balaban J connectivity index is 2.30. The molecule has 0 atom stereocenters. The highest BCUT2D eigenvalue weighted by molar-refractivity contribution is 8.14. The second-order valence-corrected chi connectivity index (χ2v) is 8.23. The predicted molar refractivity (Wildman–Crippen MR) is 88.7 cm³/mol. The van der Waals surface area contributed by atoms with Gasteiger partial charge in [0.1, 0.15) is 0 Å². The van der Waals surface area contributed by atoms with E-state index in [4.69, 9.17) is 0 Å². The van der Waals surface area contributed by atoms with Gasteiger partial charge in [0.15, 0.2) is 5.17 Å². The van der Waals surface area contributed by atoms with E-state index in [9.17, 15) is 8.42 Å². The molecule has 2 rings (SSSR count). The van der Waals surface area contributed by atoms with Crippen LogP contribution in [-0.4, -0.2) is 55.7 Å². The number of thioether (sulfide) groups is 1. The minimum Gasteiger partial charge on any atom is -0.350 e. The maximum absolute atomic E-state index is 12.2. The minimum atomic E-state index is -3.41. The second-order valence-electron chi connectivity index (χ2n) is 5.01. The molecule has 0 amide bonds. The summed E-state index contributed by atoms with van der Waals surface area (Å²) in [6.45, 7) is 4.14. The molecule has 1 aliphatic heterocycles. The van der Waals surface area contributed by atoms with Gasteiger partial charge in [0.05, 0.1) is 10.6 Å². The zero-order valence-corrected chi connectivity index (χ0v) is 14.2. The number of amidine groups is 1. The van der Waals surface area contributed by atoms with Gasteiger partial charge in [-0.2, -0.15) is 0 Å². The van der Waals surface area contributed by atoms with Crippen LogP contribution >= 0.6 is 11.8 Å². The Morgan fingerprint density at radius 2 is 2.14 bits per heavy atom. The molecule has 0 unspecified atom stereocenters. The number of benzene rings is 1. The Hall–Kier alpha value is -1.05. The molecule has 0 radical (unpaired) electrons. The molecule has 5 nitrogen and oxygen atoms in total. The highest BCUT2D eigenvalue weighted by Gasteiger charge is 2.20. The largest absolute Gasteiger partial charge is 0.350 e. The molecule has 7 heteroatoms. The molecule has 116 valence electrons. The summed E-state index contributed by atoms with van der Waals surface area (Å²) in [7, 11) is -0.350. The maximum atomic E-state index is 12.2. The van der Waals surface area contributed by atoms with Crippen LogP contribution in [0.25, 0.3) is 0 Å². The lowest BCUT2D eigenvalue weighted by molar-refractivity contribution is 0.460. The number of hydrogen-bond acceptors (Lipinski definition) is 4. The van der Waals surface area contributed by atoms with Gasteiger partial charge in [0.25, 0.3) is 0 Å². The lowest BCUT2D eigenvalue weighted by Gasteiger charge is -2.16. The molecule has 21 heavy (non-hydrogen) atoms. The van der Waals surface area contributed by atoms with Crippen LogP contribution in [0.5, 0.6) is 0 Å². The van der Waals surface area contributed by atoms with Gasteiger partial charge in [0, 0.05) is 32.9 Å². The van der Waals surface area contributed by atoms with Crippen LogP contribution in [0.2, 0.25) is 0 Å². The molecule has 1 aromatic rings. The third-order valence-electron chi connectivity index (χ3n) is 3.18. The zero-order chi connectivity index (χ0) is 15.5. The van der Waals surface area contributed by atoms with Crippen LogP contribution in [0.15, 0.2) is 34.2 Å². The van der Waals surface area contributed by atoms with Crippen molar-refractivity contribution in [2.45, 2.75) is 18.2 Å². The first-order chi connectivity index (χ1) is 9.95. The van der Waals surface area contributed by atoms with E-state index in [2.05, 4.69) is 16.8 Å². The van der Waals surface area contributed by atoms with Crippen molar-refractivity contribution in [3.8, 4) is 0 Å². The first kappa shape index (κ1) is 16.3. The minimum absolute atomic E-state index is 0.277. The van der Waals surface area contributed by atoms with E-state index < -0.39 is 10.0 Å². The number of nitrogens with zero attached hydrogens (tertiary/aromatic N) is 3. The monoisotopic (exact) mass is 327 g/mol. The molecule has 0 saturated carbocycles. The summed E-state index contributed by atoms with van der Waals surface area (Å²) in [6, 6.07) is 6.81. The summed E-state index contributed by atoms with van der Waals surface area (Å²) in [6.07, 6.45) is 1.08. The number of sulfonamides is 1. The molecule has 0 aliphatic carbocycles. The molecule has 0 aromatic heterocycles. The number of rotatable bonds is 5. The smallest absolute Gasteiger partial charge is 0.242 e. The van der Waals surface area contributed by atoms with E-state index in [0.717, 1.165) is 30.4 Å². The van der Waals surface area contributed by atoms with E-state index in [1.54, 1.807) is 30.0 Å². The van der Waals surface area contributed by atoms with Crippen LogP contribution in [0, 0.1) is 0 Å². The van der Waals surface area contributed by atoms with Crippen molar-refractivity contribution < 1.29 is 8.42 Å². The first-order valence-corrected chi connectivity index (χ1v) is 9.36. The van der Waals surface area contributed by atoms with Crippen LogP contribution in [0.4, 0.5) is 5.69 Å². The SMILES string of the molecule is CCCN1CCSC1=Nc1cccc(S(=O)(=O)N(C)C)c1. The van der Waals surface area contributed by atoms with Gasteiger partial charge in [0.2, 0.25) is 10.0 Å². The predicted octanol–water partition coefficient (Wildman–Crippen LogP) is 2.38. The normalized spacial score (nSPS) is 17.9. The maximum Gasteiger partial charge on any atom is 0.242 e. The van der Waals surface area contributed by atoms with E-state index in [1.807, 2.05) is 6.07 Å². The van der Waals surface area contributed by atoms with Crippen molar-refractivity contribution in [1.29, 1.82) is 0 Å². The molecular weight excluding hydrogens is 306 g/mol. The van der Waals surface area contributed by atoms with E-state index in [0.29, 0.717) is 5.69 Å². The van der Waals surface area contributed by atoms with E-state index in [1.165, 1.54) is 18.4 Å². The van der Waals surface area contributed by atoms with Crippen molar-refractivity contribution in [2.24, 2.45) is 4.99 Å². The van der Waals surface area contributed by atoms with Crippen molar-refractivity contribution in [3.05, 3.63) is 24.3 Å². The first-order valence-electron chi connectivity index (χ1n) is 6.94. The molecule has 1 fully saturated rings. The second kappa shape index (κ2) is 6.81. The Labute approximate surface area is 131 Å². The fraction of sp³-hybridized carbons (Fsp3) is 0.500. The van der Waals surface area contributed by atoms with Gasteiger partial charge in [-0.3, -0.25) is 0 Å². The van der Waals surface area contributed by atoms with Crippen LogP contribution in [-0.2, 0) is 10.0 Å². The number of aliphatic imine (C=N–C) groups is 1. The topological polar surface area (TPSA) is 53.0 Å². The molecule has 1 aromatic carbocycles. The van der Waals surface area contributed by atoms with Crippen molar-refractivity contribution >= 4 is 32.6 Å². The standard InChI is InChI=1S/C14H21N3O2S2/c1-4-8-17-9-10-20-14(17)15-12-6-5-7-13(11-12)21(18,19)16(2)3/h5-7,11H,4,8-10H2,1-3H3. The average Bonchev–Trinajstić information content (AvgIpc) is 2.87. The summed E-state index contributed by atoms with van der Waals surface area (Å²) in [5.41, 5.74) is 0.684. The number of hydrogen-bond donors (Lipinski definition) is 0. The van der Waals surface area contributed by atoms with Gasteiger partial charge < -0.3 is 4.90 Å². The Morgan fingerprint density at radius 1 is 1.38 bits per heavy atom. The molecular formula is C14H21N3O2S2. The van der Waals surface area contributed by atoms with E-state index >= 15 is 0 Å². The summed E-state index contributed by atoms with van der Waals surface area (Å²) in [4.78, 5) is 7.14. The van der Waals surface area contributed by atoms with Crippen LogP contribution in [0.1, 0.15) is 13.3 Å². The van der Waals surface area contributed by atoms with Crippen molar-refractivity contribution in [1.82, 2.24) is 9.21 Å². The van der Waals surface area contributed by atoms with Crippen LogP contribution < -0.4 is 0 Å². The van der Waals surface area contributed by atoms with Gasteiger partial charge in [-0.1, -0.05) is 24.8 Å². The highest BCUT2D eigenvalue weighted by atomic mass is 32.2. The van der Waals surface area contributed by atoms with Gasteiger partial charge in [-0.25, -0.2) is 17.7 Å². The van der Waals surface area contributed by atoms with Crippen molar-refractivity contribution in [2.75, 3.05) is 32.9 Å². The van der Waals surface area contributed by atoms with Gasteiger partial charge >= 0.3 is 0 Å². The molecule has 0 spiro atoms. The zero-order valence-electron chi connectivity index (χ0n) is 12.6. The fourth-order valence-corrected chi connectivity index (χ4v) is 4.02. The molecule has 0 N–H and O–H groups in total. The summed E-state index contributed by atoms with van der Waals surface area (Å²) in [5.74, 6) is 1.04. The average molecular weight is 327 g/mol. The highest BCUT2D eigenvalue weighted by Crippen LogP contribution is 2.25. The molecule has 1 aliphatic rings. The fourth-order valence-electron chi connectivity index (χ4n) is 2.05. The molecule has 1 heterocycles. The molecule has 0 bridgehead atoms. The lowest BCUT2D eigenvalue weighted by Crippen LogP contribution is -2.25. The quantitative estimate of drug-likeness (QED) is 0.833. The Kier molecular flexibility index (Phi) is 5.29. The lowest BCUT2D eigenvalue weighted by atomic mass is 10.3. The van der Waals surface area contributed by atoms with Gasteiger partial charge in [-0.05, 0) is 24.6 Å². The molecule has 1 saturated heterocycles. The van der Waals surface area contributed by atoms with Crippen LogP contribution in [0.3, 0.4) is 0 Å². The third-order valence-corrected chi connectivity index (χ3v) is 5.98. The van der Waals surface area contributed by atoms with Gasteiger partial charge in [-0.15, -0.1) is 0 Å². The summed E-state index contributed by atoms with van der Waals surface area (Å²) >= 11 is 1.72. The third kappa shape index (κ3) is 3.78. The van der Waals surface area contributed by atoms with Crippen molar-refractivity contribution in [3.63, 3.8) is 0 Å². The Bertz CT molecular complexity index is 627. The van der Waals surface area contributed by atoms with E-state index in [-0.39, 0.29) is 4.90 Å². The Morgan fingerprint density at radius 3 is 2.81 bits per heavy atom. The summed E-state index contributed by atoms with van der Waals surface area (Å²) < 4.78 is 25.5.